The summed E-state index contributed by atoms with van der Waals surface area (Å²) in [6.07, 6.45) is -2.04. The zero-order chi connectivity index (χ0) is 18.6. The first kappa shape index (κ1) is 17.8. The average molecular weight is 363 g/mol. The molecule has 0 saturated carbocycles. The van der Waals surface area contributed by atoms with Crippen LogP contribution in [0.15, 0.2) is 47.1 Å². The van der Waals surface area contributed by atoms with E-state index in [0.29, 0.717) is 18.1 Å². The van der Waals surface area contributed by atoms with Crippen LogP contribution in [-0.4, -0.2) is 20.1 Å². The van der Waals surface area contributed by atoms with Crippen molar-refractivity contribution in [3.63, 3.8) is 0 Å². The SMILES string of the molecule is CCCc1nc(C(Nc2nccc(C(F)(F)F)n2)c2ccccc2)no1. The Morgan fingerprint density at radius 1 is 1.12 bits per heavy atom. The Morgan fingerprint density at radius 3 is 2.58 bits per heavy atom. The fourth-order valence-corrected chi connectivity index (χ4v) is 2.36. The molecule has 0 fully saturated rings. The smallest absolute Gasteiger partial charge is 0.340 e. The number of aromatic nitrogens is 4. The number of aryl methyl sites for hydroxylation is 1. The second kappa shape index (κ2) is 7.51. The number of halogens is 3. The molecule has 9 heteroatoms. The molecule has 0 radical (unpaired) electrons. The van der Waals surface area contributed by atoms with Crippen LogP contribution in [0.3, 0.4) is 0 Å². The summed E-state index contributed by atoms with van der Waals surface area (Å²) in [5.41, 5.74) is -0.279. The third-order valence-electron chi connectivity index (χ3n) is 3.56. The van der Waals surface area contributed by atoms with Crippen molar-refractivity contribution in [3.8, 4) is 0 Å². The molecule has 0 bridgehead atoms. The van der Waals surface area contributed by atoms with E-state index in [0.717, 1.165) is 24.2 Å². The van der Waals surface area contributed by atoms with Crippen LogP contribution in [0.1, 0.15) is 42.4 Å². The van der Waals surface area contributed by atoms with E-state index in [4.69, 9.17) is 4.52 Å². The van der Waals surface area contributed by atoms with Gasteiger partial charge in [0.1, 0.15) is 11.7 Å². The summed E-state index contributed by atoms with van der Waals surface area (Å²) in [6, 6.07) is 9.24. The first-order chi connectivity index (χ1) is 12.5. The quantitative estimate of drug-likeness (QED) is 0.712. The molecular formula is C17H16F3N5O. The molecule has 1 atom stereocenters. The molecule has 3 aromatic rings. The molecular weight excluding hydrogens is 347 g/mol. The zero-order valence-corrected chi connectivity index (χ0v) is 13.9. The van der Waals surface area contributed by atoms with Gasteiger partial charge in [-0.25, -0.2) is 9.97 Å². The van der Waals surface area contributed by atoms with E-state index in [1.807, 2.05) is 25.1 Å². The molecule has 2 aromatic heterocycles. The summed E-state index contributed by atoms with van der Waals surface area (Å²) in [7, 11) is 0. The highest BCUT2D eigenvalue weighted by Crippen LogP contribution is 2.29. The van der Waals surface area contributed by atoms with Crippen LogP contribution in [0.5, 0.6) is 0 Å². The van der Waals surface area contributed by atoms with Gasteiger partial charge < -0.3 is 9.84 Å². The molecule has 1 aromatic carbocycles. The fourth-order valence-electron chi connectivity index (χ4n) is 2.36. The monoisotopic (exact) mass is 363 g/mol. The van der Waals surface area contributed by atoms with E-state index < -0.39 is 17.9 Å². The summed E-state index contributed by atoms with van der Waals surface area (Å²) in [5, 5.41) is 6.82. The van der Waals surface area contributed by atoms with Gasteiger partial charge in [0.05, 0.1) is 0 Å². The predicted molar refractivity (Wildman–Crippen MR) is 87.2 cm³/mol. The number of rotatable bonds is 6. The number of alkyl halides is 3. The Balaban J connectivity index is 1.94. The number of nitrogens with zero attached hydrogens (tertiary/aromatic N) is 4. The van der Waals surface area contributed by atoms with E-state index in [1.54, 1.807) is 12.1 Å². The molecule has 2 heterocycles. The summed E-state index contributed by atoms with van der Waals surface area (Å²) < 4.78 is 43.8. The third kappa shape index (κ3) is 4.16. The van der Waals surface area contributed by atoms with Crippen LogP contribution in [0.2, 0.25) is 0 Å². The highest BCUT2D eigenvalue weighted by Gasteiger charge is 2.33. The van der Waals surface area contributed by atoms with Crippen LogP contribution < -0.4 is 5.32 Å². The Hall–Kier alpha value is -2.97. The molecule has 136 valence electrons. The number of hydrogen-bond acceptors (Lipinski definition) is 6. The maximum atomic E-state index is 12.9. The topological polar surface area (TPSA) is 76.7 Å². The molecule has 0 aliphatic carbocycles. The summed E-state index contributed by atoms with van der Waals surface area (Å²) in [4.78, 5) is 11.7. The number of hydrogen-bond donors (Lipinski definition) is 1. The first-order valence-electron chi connectivity index (χ1n) is 8.01. The average Bonchev–Trinajstić information content (AvgIpc) is 3.09. The van der Waals surface area contributed by atoms with Gasteiger partial charge in [-0.1, -0.05) is 42.4 Å². The van der Waals surface area contributed by atoms with E-state index in [2.05, 4.69) is 25.4 Å². The molecule has 6 nitrogen and oxygen atoms in total. The van der Waals surface area contributed by atoms with Crippen molar-refractivity contribution in [2.75, 3.05) is 5.32 Å². The number of benzene rings is 1. The second-order valence-corrected chi connectivity index (χ2v) is 5.55. The van der Waals surface area contributed by atoms with Crippen molar-refractivity contribution >= 4 is 5.95 Å². The summed E-state index contributed by atoms with van der Waals surface area (Å²) in [6.45, 7) is 1.98. The van der Waals surface area contributed by atoms with E-state index >= 15 is 0 Å². The van der Waals surface area contributed by atoms with Gasteiger partial charge in [0, 0.05) is 12.6 Å². The largest absolute Gasteiger partial charge is 0.433 e. The van der Waals surface area contributed by atoms with Crippen LogP contribution in [0.25, 0.3) is 0 Å². The van der Waals surface area contributed by atoms with Gasteiger partial charge in [-0.05, 0) is 18.1 Å². The van der Waals surface area contributed by atoms with Crippen LogP contribution in [-0.2, 0) is 12.6 Å². The standard InChI is InChI=1S/C17H16F3N5O/c1-2-6-13-23-15(25-26-13)14(11-7-4-3-5-8-11)24-16-21-10-9-12(22-16)17(18,19)20/h3-5,7-10,14H,2,6H2,1H3,(H,21,22,24). The van der Waals surface area contributed by atoms with Crippen molar-refractivity contribution in [1.29, 1.82) is 0 Å². The lowest BCUT2D eigenvalue weighted by Crippen LogP contribution is -2.17. The van der Waals surface area contributed by atoms with Gasteiger partial charge >= 0.3 is 6.18 Å². The van der Waals surface area contributed by atoms with Crippen molar-refractivity contribution in [1.82, 2.24) is 20.1 Å². The lowest BCUT2D eigenvalue weighted by molar-refractivity contribution is -0.141. The Bertz CT molecular complexity index is 851. The molecule has 0 aliphatic rings. The van der Waals surface area contributed by atoms with E-state index in [9.17, 15) is 13.2 Å². The molecule has 0 spiro atoms. The van der Waals surface area contributed by atoms with Crippen molar-refractivity contribution in [3.05, 3.63) is 65.6 Å². The maximum absolute atomic E-state index is 12.9. The molecule has 0 amide bonds. The van der Waals surface area contributed by atoms with Crippen molar-refractivity contribution in [2.24, 2.45) is 0 Å². The normalized spacial score (nSPS) is 12.8. The fraction of sp³-hybridized carbons (Fsp3) is 0.294. The van der Waals surface area contributed by atoms with Gasteiger partial charge in [0.15, 0.2) is 5.82 Å². The lowest BCUT2D eigenvalue weighted by atomic mass is 10.1. The van der Waals surface area contributed by atoms with Crippen LogP contribution in [0.4, 0.5) is 19.1 Å². The van der Waals surface area contributed by atoms with Gasteiger partial charge in [-0.2, -0.15) is 18.2 Å². The lowest BCUT2D eigenvalue weighted by Gasteiger charge is -2.16. The van der Waals surface area contributed by atoms with E-state index in [-0.39, 0.29) is 5.95 Å². The highest BCUT2D eigenvalue weighted by molar-refractivity contribution is 5.37. The van der Waals surface area contributed by atoms with Gasteiger partial charge in [0.2, 0.25) is 11.8 Å². The molecule has 3 rings (SSSR count). The predicted octanol–water partition coefficient (Wildman–Crippen LogP) is 4.03. The second-order valence-electron chi connectivity index (χ2n) is 5.55. The Kier molecular flexibility index (Phi) is 5.15. The van der Waals surface area contributed by atoms with E-state index in [1.165, 1.54) is 0 Å². The van der Waals surface area contributed by atoms with Gasteiger partial charge in [0.25, 0.3) is 0 Å². The third-order valence-corrected chi connectivity index (χ3v) is 3.56. The summed E-state index contributed by atoms with van der Waals surface area (Å²) in [5.74, 6) is 0.603. The summed E-state index contributed by atoms with van der Waals surface area (Å²) >= 11 is 0. The minimum Gasteiger partial charge on any atom is -0.340 e. The zero-order valence-electron chi connectivity index (χ0n) is 13.9. The molecule has 0 saturated heterocycles. The molecule has 0 aliphatic heterocycles. The van der Waals surface area contributed by atoms with Crippen molar-refractivity contribution < 1.29 is 17.7 Å². The molecule has 26 heavy (non-hydrogen) atoms. The van der Waals surface area contributed by atoms with Gasteiger partial charge in [-0.3, -0.25) is 0 Å². The van der Waals surface area contributed by atoms with Crippen molar-refractivity contribution in [2.45, 2.75) is 32.0 Å². The molecule has 1 N–H and O–H groups in total. The van der Waals surface area contributed by atoms with Crippen LogP contribution in [0, 0.1) is 0 Å². The first-order valence-corrected chi connectivity index (χ1v) is 8.01. The van der Waals surface area contributed by atoms with Gasteiger partial charge in [-0.15, -0.1) is 0 Å². The Labute approximate surface area is 147 Å². The maximum Gasteiger partial charge on any atom is 0.433 e. The molecule has 1 unspecified atom stereocenters. The minimum atomic E-state index is -4.55. The highest BCUT2D eigenvalue weighted by atomic mass is 19.4. The number of anilines is 1. The minimum absolute atomic E-state index is 0.171. The number of nitrogens with one attached hydrogen (secondary N) is 1. The van der Waals surface area contributed by atoms with Crippen LogP contribution >= 0.6 is 0 Å². The Morgan fingerprint density at radius 2 is 1.88 bits per heavy atom.